The molecular formula is C13H10F2N4O. The second-order valence-corrected chi connectivity index (χ2v) is 4.38. The summed E-state index contributed by atoms with van der Waals surface area (Å²) in [4.78, 5) is 16.3. The van der Waals surface area contributed by atoms with Gasteiger partial charge in [0.15, 0.2) is 5.65 Å². The third kappa shape index (κ3) is 1.87. The summed E-state index contributed by atoms with van der Waals surface area (Å²) in [5.41, 5.74) is -0.120. The largest absolute Gasteiger partial charge is 0.294 e. The lowest BCUT2D eigenvalue weighted by Crippen LogP contribution is -2.22. The number of aromatic nitrogens is 4. The van der Waals surface area contributed by atoms with Crippen molar-refractivity contribution in [1.82, 2.24) is 19.3 Å². The van der Waals surface area contributed by atoms with Gasteiger partial charge >= 0.3 is 0 Å². The highest BCUT2D eigenvalue weighted by Crippen LogP contribution is 2.13. The van der Waals surface area contributed by atoms with E-state index >= 15 is 0 Å². The van der Waals surface area contributed by atoms with Crippen LogP contribution in [0.5, 0.6) is 0 Å². The Morgan fingerprint density at radius 3 is 2.65 bits per heavy atom. The number of benzene rings is 1. The molecule has 0 aliphatic carbocycles. The molecule has 0 saturated carbocycles. The topological polar surface area (TPSA) is 52.7 Å². The zero-order valence-electron chi connectivity index (χ0n) is 10.5. The number of rotatable bonds is 2. The molecule has 0 saturated heterocycles. The lowest BCUT2D eigenvalue weighted by atomic mass is 10.2. The first kappa shape index (κ1) is 12.5. The maximum atomic E-state index is 13.6. The number of hydrogen-bond acceptors (Lipinski definition) is 3. The fraction of sp³-hybridized carbons (Fsp3) is 0.154. The molecule has 0 spiro atoms. The van der Waals surface area contributed by atoms with Gasteiger partial charge < -0.3 is 0 Å². The monoisotopic (exact) mass is 276 g/mol. The van der Waals surface area contributed by atoms with Gasteiger partial charge in [0.2, 0.25) is 0 Å². The highest BCUT2D eigenvalue weighted by Gasteiger charge is 2.12. The Morgan fingerprint density at radius 2 is 1.95 bits per heavy atom. The van der Waals surface area contributed by atoms with E-state index in [0.717, 1.165) is 16.7 Å². The first-order valence-electron chi connectivity index (χ1n) is 5.88. The lowest BCUT2D eigenvalue weighted by molar-refractivity contribution is 0.541. The van der Waals surface area contributed by atoms with Crippen LogP contribution in [0.3, 0.4) is 0 Å². The summed E-state index contributed by atoms with van der Waals surface area (Å²) in [6.45, 7) is -0.213. The van der Waals surface area contributed by atoms with Gasteiger partial charge in [0.1, 0.15) is 23.3 Å². The molecule has 0 fully saturated rings. The van der Waals surface area contributed by atoms with E-state index in [4.69, 9.17) is 0 Å². The van der Waals surface area contributed by atoms with Gasteiger partial charge in [-0.25, -0.2) is 13.8 Å². The Balaban J connectivity index is 2.12. The molecule has 7 heteroatoms. The first-order valence-corrected chi connectivity index (χ1v) is 5.88. The quantitative estimate of drug-likeness (QED) is 0.712. The molecule has 2 heterocycles. The summed E-state index contributed by atoms with van der Waals surface area (Å²) < 4.78 is 29.8. The van der Waals surface area contributed by atoms with Crippen LogP contribution in [-0.4, -0.2) is 19.3 Å². The van der Waals surface area contributed by atoms with Gasteiger partial charge in [0.25, 0.3) is 5.56 Å². The number of fused-ring (bicyclic) bond motifs is 1. The summed E-state index contributed by atoms with van der Waals surface area (Å²) in [6.07, 6.45) is 2.65. The minimum atomic E-state index is -0.691. The normalized spacial score (nSPS) is 11.2. The Hall–Kier alpha value is -2.57. The number of halogens is 2. The second-order valence-electron chi connectivity index (χ2n) is 4.38. The van der Waals surface area contributed by atoms with Crippen molar-refractivity contribution in [2.24, 2.45) is 7.05 Å². The van der Waals surface area contributed by atoms with Crippen LogP contribution < -0.4 is 5.56 Å². The second kappa shape index (κ2) is 4.52. The number of hydrogen-bond donors (Lipinski definition) is 0. The van der Waals surface area contributed by atoms with Crippen molar-refractivity contribution in [3.8, 4) is 0 Å². The third-order valence-corrected chi connectivity index (χ3v) is 3.11. The highest BCUT2D eigenvalue weighted by atomic mass is 19.1. The molecule has 0 N–H and O–H groups in total. The van der Waals surface area contributed by atoms with Crippen LogP contribution in [0.4, 0.5) is 8.78 Å². The van der Waals surface area contributed by atoms with Crippen molar-refractivity contribution in [1.29, 1.82) is 0 Å². The van der Waals surface area contributed by atoms with Crippen molar-refractivity contribution in [2.45, 2.75) is 6.54 Å². The molecule has 0 aliphatic heterocycles. The van der Waals surface area contributed by atoms with E-state index in [-0.39, 0.29) is 17.7 Å². The molecule has 0 bridgehead atoms. The Bertz CT molecular complexity index is 833. The average molecular weight is 276 g/mol. The van der Waals surface area contributed by atoms with E-state index in [1.165, 1.54) is 23.3 Å². The molecular weight excluding hydrogens is 266 g/mol. The van der Waals surface area contributed by atoms with Crippen LogP contribution in [0.1, 0.15) is 5.56 Å². The smallest absolute Gasteiger partial charge is 0.264 e. The molecule has 3 rings (SSSR count). The van der Waals surface area contributed by atoms with E-state index in [1.807, 2.05) is 0 Å². The first-order chi connectivity index (χ1) is 9.58. The van der Waals surface area contributed by atoms with Crippen molar-refractivity contribution in [2.75, 3.05) is 0 Å². The molecule has 0 radical (unpaired) electrons. The third-order valence-electron chi connectivity index (χ3n) is 3.11. The maximum Gasteiger partial charge on any atom is 0.264 e. The van der Waals surface area contributed by atoms with Gasteiger partial charge in [-0.15, -0.1) is 0 Å². The van der Waals surface area contributed by atoms with E-state index in [2.05, 4.69) is 10.1 Å². The Morgan fingerprint density at radius 1 is 1.25 bits per heavy atom. The Labute approximate surface area is 112 Å². The molecule has 1 aromatic carbocycles. The SMILES string of the molecule is Cn1ncc2c(=O)n(Cc3c(F)cccc3F)cnc21. The predicted molar refractivity (Wildman–Crippen MR) is 68.2 cm³/mol. The van der Waals surface area contributed by atoms with E-state index < -0.39 is 11.6 Å². The molecule has 0 aliphatic rings. The van der Waals surface area contributed by atoms with Gasteiger partial charge in [0.05, 0.1) is 12.7 Å². The Kier molecular flexibility index (Phi) is 2.81. The van der Waals surface area contributed by atoms with Gasteiger partial charge in [0, 0.05) is 12.6 Å². The van der Waals surface area contributed by atoms with Gasteiger partial charge in [-0.05, 0) is 12.1 Å². The minimum absolute atomic E-state index is 0.167. The van der Waals surface area contributed by atoms with Crippen LogP contribution in [0, 0.1) is 11.6 Å². The standard InChI is InChI=1S/C13H10F2N4O/c1-18-12-8(5-17-18)13(20)19(7-16-12)6-9-10(14)3-2-4-11(9)15/h2-5,7H,6H2,1H3. The average Bonchev–Trinajstić information content (AvgIpc) is 2.79. The molecule has 3 aromatic rings. The van der Waals surface area contributed by atoms with Gasteiger partial charge in [-0.2, -0.15) is 5.10 Å². The number of nitrogens with zero attached hydrogens (tertiary/aromatic N) is 4. The summed E-state index contributed by atoms with van der Waals surface area (Å²) >= 11 is 0. The predicted octanol–water partition coefficient (Wildman–Crippen LogP) is 1.46. The van der Waals surface area contributed by atoms with E-state index in [9.17, 15) is 13.6 Å². The van der Waals surface area contributed by atoms with E-state index in [0.29, 0.717) is 11.0 Å². The minimum Gasteiger partial charge on any atom is -0.294 e. The molecule has 5 nitrogen and oxygen atoms in total. The molecule has 0 unspecified atom stereocenters. The highest BCUT2D eigenvalue weighted by molar-refractivity contribution is 5.72. The molecule has 20 heavy (non-hydrogen) atoms. The van der Waals surface area contributed by atoms with Gasteiger partial charge in [-0.1, -0.05) is 6.07 Å². The van der Waals surface area contributed by atoms with Crippen LogP contribution in [0.2, 0.25) is 0 Å². The summed E-state index contributed by atoms with van der Waals surface area (Å²) in [6, 6.07) is 3.58. The fourth-order valence-corrected chi connectivity index (χ4v) is 2.03. The fourth-order valence-electron chi connectivity index (χ4n) is 2.03. The van der Waals surface area contributed by atoms with Crippen molar-refractivity contribution in [3.63, 3.8) is 0 Å². The summed E-state index contributed by atoms with van der Waals surface area (Å²) in [7, 11) is 1.66. The molecule has 102 valence electrons. The zero-order valence-corrected chi connectivity index (χ0v) is 10.5. The molecule has 2 aromatic heterocycles. The van der Waals surface area contributed by atoms with Crippen LogP contribution in [0.25, 0.3) is 11.0 Å². The van der Waals surface area contributed by atoms with Gasteiger partial charge in [-0.3, -0.25) is 14.0 Å². The van der Waals surface area contributed by atoms with E-state index in [1.54, 1.807) is 7.05 Å². The molecule has 0 atom stereocenters. The maximum absolute atomic E-state index is 13.6. The number of aryl methyl sites for hydroxylation is 1. The molecule has 0 amide bonds. The van der Waals surface area contributed by atoms with Crippen LogP contribution in [0.15, 0.2) is 35.5 Å². The van der Waals surface area contributed by atoms with Crippen molar-refractivity contribution < 1.29 is 8.78 Å². The van der Waals surface area contributed by atoms with Crippen molar-refractivity contribution in [3.05, 3.63) is 58.3 Å². The lowest BCUT2D eigenvalue weighted by Gasteiger charge is -2.07. The summed E-state index contributed by atoms with van der Waals surface area (Å²) in [5, 5.41) is 4.24. The zero-order chi connectivity index (χ0) is 14.3. The van der Waals surface area contributed by atoms with Crippen molar-refractivity contribution >= 4 is 11.0 Å². The summed E-state index contributed by atoms with van der Waals surface area (Å²) in [5.74, 6) is -1.38. The van der Waals surface area contributed by atoms with Crippen LogP contribution in [-0.2, 0) is 13.6 Å². The van der Waals surface area contributed by atoms with Crippen LogP contribution >= 0.6 is 0 Å².